The minimum Gasteiger partial charge on any atom is -0.444 e. The van der Waals surface area contributed by atoms with Crippen LogP contribution >= 0.6 is 24.0 Å². The maximum absolute atomic E-state index is 12.4. The summed E-state index contributed by atoms with van der Waals surface area (Å²) in [6.07, 6.45) is 2.86. The van der Waals surface area contributed by atoms with Crippen molar-refractivity contribution in [1.29, 1.82) is 0 Å². The predicted octanol–water partition coefficient (Wildman–Crippen LogP) is 2.99. The van der Waals surface area contributed by atoms with Crippen LogP contribution in [0.2, 0.25) is 0 Å². The van der Waals surface area contributed by atoms with E-state index in [1.807, 2.05) is 39.5 Å². The Morgan fingerprint density at radius 3 is 2.58 bits per heavy atom. The number of likely N-dealkylation sites (tertiary alicyclic amines) is 1. The highest BCUT2D eigenvalue weighted by molar-refractivity contribution is 14.0. The Bertz CT molecular complexity index is 427. The van der Waals surface area contributed by atoms with E-state index in [-0.39, 0.29) is 36.1 Å². The summed E-state index contributed by atoms with van der Waals surface area (Å²) in [6, 6.07) is 0.0888. The van der Waals surface area contributed by atoms with Gasteiger partial charge in [0, 0.05) is 26.2 Å². The van der Waals surface area contributed by atoms with E-state index in [1.165, 1.54) is 0 Å². The first kappa shape index (κ1) is 25.2. The van der Waals surface area contributed by atoms with Crippen LogP contribution in [0.25, 0.3) is 0 Å². The second-order valence-corrected chi connectivity index (χ2v) is 7.17. The minimum atomic E-state index is -0.474. The van der Waals surface area contributed by atoms with Gasteiger partial charge in [-0.05, 0) is 53.9 Å². The summed E-state index contributed by atoms with van der Waals surface area (Å²) in [5.41, 5.74) is -0.474. The van der Waals surface area contributed by atoms with Crippen molar-refractivity contribution in [1.82, 2.24) is 15.5 Å². The lowest BCUT2D eigenvalue weighted by Gasteiger charge is -2.36. The van der Waals surface area contributed by atoms with E-state index in [9.17, 15) is 4.79 Å². The molecular formula is C18H37IN4O3. The topological polar surface area (TPSA) is 75.2 Å². The van der Waals surface area contributed by atoms with E-state index in [2.05, 4.69) is 15.6 Å². The lowest BCUT2D eigenvalue weighted by molar-refractivity contribution is 0.0110. The van der Waals surface area contributed by atoms with Crippen molar-refractivity contribution in [3.63, 3.8) is 0 Å². The maximum atomic E-state index is 12.4. The molecule has 7 nitrogen and oxygen atoms in total. The molecule has 2 N–H and O–H groups in total. The zero-order chi connectivity index (χ0) is 18.7. The lowest BCUT2D eigenvalue weighted by Crippen LogP contribution is -2.48. The average molecular weight is 484 g/mol. The number of aliphatic imine (C=N–C) groups is 1. The van der Waals surface area contributed by atoms with Gasteiger partial charge in [-0.2, -0.15) is 0 Å². The van der Waals surface area contributed by atoms with Crippen molar-refractivity contribution in [2.75, 3.05) is 39.4 Å². The average Bonchev–Trinajstić information content (AvgIpc) is 2.55. The Morgan fingerprint density at radius 2 is 1.96 bits per heavy atom. The summed E-state index contributed by atoms with van der Waals surface area (Å²) >= 11 is 0. The van der Waals surface area contributed by atoms with Gasteiger partial charge < -0.3 is 25.0 Å². The highest BCUT2D eigenvalue weighted by Crippen LogP contribution is 2.20. The molecule has 0 aromatic rings. The van der Waals surface area contributed by atoms with Crippen molar-refractivity contribution in [3.8, 4) is 0 Å². The summed E-state index contributed by atoms with van der Waals surface area (Å²) in [6.45, 7) is 13.9. The van der Waals surface area contributed by atoms with Crippen LogP contribution in [-0.4, -0.2) is 68.0 Å². The fourth-order valence-electron chi connectivity index (χ4n) is 2.68. The third-order valence-corrected chi connectivity index (χ3v) is 3.80. The molecule has 26 heavy (non-hydrogen) atoms. The van der Waals surface area contributed by atoms with E-state index in [0.717, 1.165) is 38.3 Å². The number of carbonyl (C=O) groups excluding carboxylic acids is 1. The van der Waals surface area contributed by atoms with Gasteiger partial charge >= 0.3 is 6.09 Å². The normalized spacial score (nSPS) is 18.1. The SMILES string of the molecule is CCNC(=NCC1CCCCN1C(=O)OC(C)(C)C)NCCOCC.I. The molecule has 1 aliphatic rings. The van der Waals surface area contributed by atoms with Crippen LogP contribution in [0, 0.1) is 0 Å². The van der Waals surface area contributed by atoms with Gasteiger partial charge in [-0.1, -0.05) is 0 Å². The van der Waals surface area contributed by atoms with Gasteiger partial charge in [0.25, 0.3) is 0 Å². The summed E-state index contributed by atoms with van der Waals surface area (Å²) in [5, 5.41) is 6.49. The molecular weight excluding hydrogens is 447 g/mol. The number of amides is 1. The van der Waals surface area contributed by atoms with E-state index < -0.39 is 5.60 Å². The van der Waals surface area contributed by atoms with Gasteiger partial charge in [0.1, 0.15) is 5.60 Å². The Morgan fingerprint density at radius 1 is 1.23 bits per heavy atom. The maximum Gasteiger partial charge on any atom is 0.410 e. The van der Waals surface area contributed by atoms with Crippen molar-refractivity contribution in [2.24, 2.45) is 4.99 Å². The number of piperidine rings is 1. The number of halogens is 1. The van der Waals surface area contributed by atoms with Crippen LogP contribution in [-0.2, 0) is 9.47 Å². The minimum absolute atomic E-state index is 0. The van der Waals surface area contributed by atoms with Gasteiger partial charge in [0.15, 0.2) is 5.96 Å². The lowest BCUT2D eigenvalue weighted by atomic mass is 10.0. The standard InChI is InChI=1S/C18H36N4O3.HI/c1-6-19-16(20-11-13-24-7-2)21-14-15-10-8-9-12-22(15)17(23)25-18(3,4)5;/h15H,6-14H2,1-5H3,(H2,19,20,21);1H. The molecule has 0 aromatic heterocycles. The summed E-state index contributed by atoms with van der Waals surface area (Å²) in [5.74, 6) is 0.761. The third-order valence-electron chi connectivity index (χ3n) is 3.80. The number of hydrogen-bond donors (Lipinski definition) is 2. The second kappa shape index (κ2) is 13.4. The quantitative estimate of drug-likeness (QED) is 0.252. The summed E-state index contributed by atoms with van der Waals surface area (Å²) in [4.78, 5) is 18.9. The predicted molar refractivity (Wildman–Crippen MR) is 116 cm³/mol. The van der Waals surface area contributed by atoms with Gasteiger partial charge in [-0.25, -0.2) is 4.79 Å². The first-order valence-corrected chi connectivity index (χ1v) is 9.47. The van der Waals surface area contributed by atoms with Crippen LogP contribution in [0.1, 0.15) is 53.9 Å². The van der Waals surface area contributed by atoms with Crippen molar-refractivity contribution >= 4 is 36.0 Å². The molecule has 1 rings (SSSR count). The molecule has 8 heteroatoms. The van der Waals surface area contributed by atoms with Gasteiger partial charge in [-0.3, -0.25) is 4.99 Å². The van der Waals surface area contributed by atoms with Crippen molar-refractivity contribution < 1.29 is 14.3 Å². The van der Waals surface area contributed by atoms with Crippen LogP contribution in [0.5, 0.6) is 0 Å². The van der Waals surface area contributed by atoms with E-state index in [0.29, 0.717) is 26.3 Å². The Kier molecular flexibility index (Phi) is 13.0. The molecule has 1 atom stereocenters. The Hall–Kier alpha value is -0.770. The molecule has 0 aromatic carbocycles. The van der Waals surface area contributed by atoms with E-state index in [4.69, 9.17) is 9.47 Å². The molecule has 1 amide bonds. The number of carbonyl (C=O) groups is 1. The molecule has 0 saturated carbocycles. The second-order valence-electron chi connectivity index (χ2n) is 7.17. The Labute approximate surface area is 175 Å². The monoisotopic (exact) mass is 484 g/mol. The molecule has 1 heterocycles. The zero-order valence-electron chi connectivity index (χ0n) is 17.0. The fraction of sp³-hybridized carbons (Fsp3) is 0.889. The molecule has 1 saturated heterocycles. The van der Waals surface area contributed by atoms with E-state index in [1.54, 1.807) is 0 Å². The molecule has 0 radical (unpaired) electrons. The van der Waals surface area contributed by atoms with Gasteiger partial charge in [0.05, 0.1) is 19.2 Å². The van der Waals surface area contributed by atoms with Crippen LogP contribution in [0.3, 0.4) is 0 Å². The highest BCUT2D eigenvalue weighted by atomic mass is 127. The highest BCUT2D eigenvalue weighted by Gasteiger charge is 2.30. The van der Waals surface area contributed by atoms with Crippen LogP contribution in [0.15, 0.2) is 4.99 Å². The Balaban J connectivity index is 0.00000625. The number of nitrogens with one attached hydrogen (secondary N) is 2. The van der Waals surface area contributed by atoms with Crippen molar-refractivity contribution in [3.05, 3.63) is 0 Å². The molecule has 1 aliphatic heterocycles. The molecule has 1 unspecified atom stereocenters. The van der Waals surface area contributed by atoms with Gasteiger partial charge in [-0.15, -0.1) is 24.0 Å². The van der Waals surface area contributed by atoms with Crippen LogP contribution < -0.4 is 10.6 Å². The largest absolute Gasteiger partial charge is 0.444 e. The van der Waals surface area contributed by atoms with Crippen LogP contribution in [0.4, 0.5) is 4.79 Å². The number of ether oxygens (including phenoxy) is 2. The van der Waals surface area contributed by atoms with Gasteiger partial charge in [0.2, 0.25) is 0 Å². The third kappa shape index (κ3) is 10.4. The first-order chi connectivity index (χ1) is 11.9. The smallest absolute Gasteiger partial charge is 0.410 e. The first-order valence-electron chi connectivity index (χ1n) is 9.47. The summed E-state index contributed by atoms with van der Waals surface area (Å²) < 4.78 is 10.9. The fourth-order valence-corrected chi connectivity index (χ4v) is 2.68. The van der Waals surface area contributed by atoms with Crippen molar-refractivity contribution in [2.45, 2.75) is 65.5 Å². The molecule has 0 aliphatic carbocycles. The summed E-state index contributed by atoms with van der Waals surface area (Å²) in [7, 11) is 0. The number of guanidine groups is 1. The molecule has 1 fully saturated rings. The van der Waals surface area contributed by atoms with E-state index >= 15 is 0 Å². The number of nitrogens with zero attached hydrogens (tertiary/aromatic N) is 2. The molecule has 0 spiro atoms. The zero-order valence-corrected chi connectivity index (χ0v) is 19.3. The molecule has 154 valence electrons. The molecule has 0 bridgehead atoms. The number of rotatable bonds is 7. The number of hydrogen-bond acceptors (Lipinski definition) is 4.